The van der Waals surface area contributed by atoms with E-state index in [4.69, 9.17) is 0 Å². The summed E-state index contributed by atoms with van der Waals surface area (Å²) in [5.74, 6) is 1.16. The minimum absolute atomic E-state index is 0.0487. The van der Waals surface area contributed by atoms with Gasteiger partial charge in [-0.05, 0) is 30.5 Å². The van der Waals surface area contributed by atoms with Crippen molar-refractivity contribution < 1.29 is 4.79 Å². The number of pyridine rings is 1. The summed E-state index contributed by atoms with van der Waals surface area (Å²) in [5, 5.41) is 16.3. The van der Waals surface area contributed by atoms with Crippen molar-refractivity contribution >= 4 is 11.7 Å². The van der Waals surface area contributed by atoms with E-state index < -0.39 is 0 Å². The highest BCUT2D eigenvalue weighted by Crippen LogP contribution is 2.19. The second-order valence-electron chi connectivity index (χ2n) is 6.64. The molecule has 0 bridgehead atoms. The van der Waals surface area contributed by atoms with E-state index in [9.17, 15) is 10.1 Å². The van der Waals surface area contributed by atoms with Crippen LogP contribution in [0, 0.1) is 17.2 Å². The zero-order valence-electron chi connectivity index (χ0n) is 14.6. The number of aromatic nitrogens is 3. The zero-order chi connectivity index (χ0) is 17.8. The number of nitrogens with zero attached hydrogens (tertiary/aromatic N) is 5. The van der Waals surface area contributed by atoms with E-state index in [-0.39, 0.29) is 5.91 Å². The largest absolute Gasteiger partial charge is 0.352 e. The number of piperazine rings is 1. The van der Waals surface area contributed by atoms with Gasteiger partial charge in [0.15, 0.2) is 0 Å². The molecule has 130 valence electrons. The fourth-order valence-electron chi connectivity index (χ4n) is 3.04. The maximum atomic E-state index is 12.6. The van der Waals surface area contributed by atoms with Crippen molar-refractivity contribution in [2.45, 2.75) is 20.3 Å². The predicted octanol–water partition coefficient (Wildman–Crippen LogP) is 1.84. The van der Waals surface area contributed by atoms with Gasteiger partial charge in [0.25, 0.3) is 5.91 Å². The summed E-state index contributed by atoms with van der Waals surface area (Å²) in [4.78, 5) is 20.8. The van der Waals surface area contributed by atoms with Gasteiger partial charge >= 0.3 is 0 Å². The molecule has 2 aromatic heterocycles. The normalized spacial score (nSPS) is 14.6. The Bertz CT molecular complexity index is 783. The lowest BCUT2D eigenvalue weighted by Crippen LogP contribution is -2.49. The molecule has 0 radical (unpaired) electrons. The van der Waals surface area contributed by atoms with Crippen LogP contribution in [0.1, 0.15) is 35.6 Å². The standard InChI is InChI=1S/C18H22N6O/c1-13(2)10-15-11-16(22-21-15)18(25)24-8-6-23(7-9-24)17-14(12-19)4-3-5-20-17/h3-5,11,13H,6-10H2,1-2H3,(H,21,22). The molecule has 0 atom stereocenters. The number of carbonyl (C=O) groups is 1. The molecule has 7 heteroatoms. The summed E-state index contributed by atoms with van der Waals surface area (Å²) in [6.45, 7) is 6.75. The third-order valence-electron chi connectivity index (χ3n) is 4.25. The summed E-state index contributed by atoms with van der Waals surface area (Å²) in [6, 6.07) is 7.54. The summed E-state index contributed by atoms with van der Waals surface area (Å²) < 4.78 is 0. The van der Waals surface area contributed by atoms with Gasteiger partial charge in [-0.15, -0.1) is 0 Å². The summed E-state index contributed by atoms with van der Waals surface area (Å²) in [6.07, 6.45) is 2.57. The molecule has 0 aromatic carbocycles. The highest BCUT2D eigenvalue weighted by Gasteiger charge is 2.25. The first-order valence-electron chi connectivity index (χ1n) is 8.52. The molecule has 1 aliphatic heterocycles. The zero-order valence-corrected chi connectivity index (χ0v) is 14.6. The SMILES string of the molecule is CC(C)Cc1cc(C(=O)N2CCN(c3ncccc3C#N)CC2)n[nH]1. The summed E-state index contributed by atoms with van der Waals surface area (Å²) >= 11 is 0. The minimum Gasteiger partial charge on any atom is -0.352 e. The van der Waals surface area contributed by atoms with Gasteiger partial charge in [0, 0.05) is 38.1 Å². The maximum Gasteiger partial charge on any atom is 0.274 e. The number of amides is 1. The first kappa shape index (κ1) is 17.0. The van der Waals surface area contributed by atoms with Crippen LogP contribution in [-0.4, -0.2) is 52.2 Å². The van der Waals surface area contributed by atoms with Crippen LogP contribution in [0.15, 0.2) is 24.4 Å². The average molecular weight is 338 g/mol. The molecule has 1 fully saturated rings. The highest BCUT2D eigenvalue weighted by molar-refractivity contribution is 5.92. The molecular weight excluding hydrogens is 316 g/mol. The van der Waals surface area contributed by atoms with Crippen molar-refractivity contribution in [1.82, 2.24) is 20.1 Å². The molecule has 3 rings (SSSR count). The number of aromatic amines is 1. The smallest absolute Gasteiger partial charge is 0.274 e. The van der Waals surface area contributed by atoms with Crippen LogP contribution in [0.4, 0.5) is 5.82 Å². The fourth-order valence-corrected chi connectivity index (χ4v) is 3.04. The minimum atomic E-state index is -0.0487. The average Bonchev–Trinajstić information content (AvgIpc) is 3.09. The van der Waals surface area contributed by atoms with E-state index in [0.717, 1.165) is 12.1 Å². The lowest BCUT2D eigenvalue weighted by Gasteiger charge is -2.35. The Balaban J connectivity index is 1.63. The van der Waals surface area contributed by atoms with Gasteiger partial charge in [0.2, 0.25) is 0 Å². The van der Waals surface area contributed by atoms with Crippen molar-refractivity contribution in [1.29, 1.82) is 5.26 Å². The van der Waals surface area contributed by atoms with Crippen LogP contribution >= 0.6 is 0 Å². The molecule has 7 nitrogen and oxygen atoms in total. The van der Waals surface area contributed by atoms with Gasteiger partial charge in [-0.2, -0.15) is 10.4 Å². The molecular formula is C18H22N6O. The third kappa shape index (κ3) is 3.79. The Hall–Kier alpha value is -2.88. The molecule has 2 aromatic rings. The number of nitriles is 1. The van der Waals surface area contributed by atoms with Crippen molar-refractivity contribution in [3.05, 3.63) is 41.3 Å². The van der Waals surface area contributed by atoms with Gasteiger partial charge in [0.05, 0.1) is 5.56 Å². The van der Waals surface area contributed by atoms with Crippen molar-refractivity contribution in [2.75, 3.05) is 31.1 Å². The number of nitrogens with one attached hydrogen (secondary N) is 1. The van der Waals surface area contributed by atoms with Crippen molar-refractivity contribution in [3.63, 3.8) is 0 Å². The number of carbonyl (C=O) groups excluding carboxylic acids is 1. The first-order chi connectivity index (χ1) is 12.1. The molecule has 0 spiro atoms. The Kier molecular flexibility index (Phi) is 4.98. The van der Waals surface area contributed by atoms with Crippen LogP contribution < -0.4 is 4.90 Å². The number of rotatable bonds is 4. The summed E-state index contributed by atoms with van der Waals surface area (Å²) in [5.41, 5.74) is 2.02. The third-order valence-corrected chi connectivity index (χ3v) is 4.25. The fraction of sp³-hybridized carbons (Fsp3) is 0.444. The topological polar surface area (TPSA) is 88.9 Å². The second-order valence-corrected chi connectivity index (χ2v) is 6.64. The van der Waals surface area contributed by atoms with E-state index in [0.29, 0.717) is 49.2 Å². The first-order valence-corrected chi connectivity index (χ1v) is 8.52. The van der Waals surface area contributed by atoms with Gasteiger partial charge in [-0.1, -0.05) is 13.8 Å². The van der Waals surface area contributed by atoms with Gasteiger partial charge in [-0.3, -0.25) is 9.89 Å². The van der Waals surface area contributed by atoms with Gasteiger partial charge in [0.1, 0.15) is 17.6 Å². The Morgan fingerprint density at radius 3 is 2.80 bits per heavy atom. The molecule has 1 aliphatic rings. The molecule has 0 aliphatic carbocycles. The predicted molar refractivity (Wildman–Crippen MR) is 94.2 cm³/mol. The van der Waals surface area contributed by atoms with E-state index in [1.807, 2.05) is 6.07 Å². The number of hydrogen-bond acceptors (Lipinski definition) is 5. The van der Waals surface area contributed by atoms with Gasteiger partial charge in [-0.25, -0.2) is 4.98 Å². The molecule has 0 saturated carbocycles. The van der Waals surface area contributed by atoms with Crippen LogP contribution in [0.25, 0.3) is 0 Å². The van der Waals surface area contributed by atoms with E-state index in [2.05, 4.69) is 40.0 Å². The van der Waals surface area contributed by atoms with Crippen molar-refractivity contribution in [2.24, 2.45) is 5.92 Å². The Morgan fingerprint density at radius 2 is 2.12 bits per heavy atom. The molecule has 3 heterocycles. The van der Waals surface area contributed by atoms with E-state index in [1.165, 1.54) is 0 Å². The molecule has 1 amide bonds. The number of anilines is 1. The lowest BCUT2D eigenvalue weighted by atomic mass is 10.1. The molecule has 1 N–H and O–H groups in total. The highest BCUT2D eigenvalue weighted by atomic mass is 16.2. The molecule has 25 heavy (non-hydrogen) atoms. The van der Waals surface area contributed by atoms with E-state index >= 15 is 0 Å². The van der Waals surface area contributed by atoms with Crippen LogP contribution in [0.3, 0.4) is 0 Å². The maximum absolute atomic E-state index is 12.6. The lowest BCUT2D eigenvalue weighted by molar-refractivity contribution is 0.0740. The van der Waals surface area contributed by atoms with Crippen LogP contribution in [-0.2, 0) is 6.42 Å². The Labute approximate surface area is 147 Å². The van der Waals surface area contributed by atoms with Crippen molar-refractivity contribution in [3.8, 4) is 6.07 Å². The number of hydrogen-bond donors (Lipinski definition) is 1. The summed E-state index contributed by atoms with van der Waals surface area (Å²) in [7, 11) is 0. The van der Waals surface area contributed by atoms with Gasteiger partial charge < -0.3 is 9.80 Å². The van der Waals surface area contributed by atoms with Crippen LogP contribution in [0.5, 0.6) is 0 Å². The molecule has 0 unspecified atom stereocenters. The van der Waals surface area contributed by atoms with E-state index in [1.54, 1.807) is 23.2 Å². The Morgan fingerprint density at radius 1 is 1.36 bits per heavy atom. The molecule has 1 saturated heterocycles. The quantitative estimate of drug-likeness (QED) is 0.919. The number of H-pyrrole nitrogens is 1. The monoisotopic (exact) mass is 338 g/mol. The second kappa shape index (κ2) is 7.34. The van der Waals surface area contributed by atoms with Crippen LogP contribution in [0.2, 0.25) is 0 Å².